The molecular weight excluding hydrogens is 394 g/mol. The number of nitrogen functional groups attached to an aromatic ring is 1. The largest absolute Gasteiger partial charge is 1.00 e. The van der Waals surface area contributed by atoms with E-state index in [1.807, 2.05) is 0 Å². The Labute approximate surface area is 191 Å². The third kappa shape index (κ3) is 5.02. The van der Waals surface area contributed by atoms with Crippen LogP contribution < -0.4 is 74.6 Å². The van der Waals surface area contributed by atoms with Crippen LogP contribution >= 0.6 is 7.60 Å². The molecule has 1 saturated heterocycles. The summed E-state index contributed by atoms with van der Waals surface area (Å²) in [5.74, 6) is -0.178. The predicted molar refractivity (Wildman–Crippen MR) is 72.6 cm³/mol. The first-order valence-corrected chi connectivity index (χ1v) is 8.52. The van der Waals surface area contributed by atoms with Gasteiger partial charge in [-0.25, -0.2) is 4.98 Å². The summed E-state index contributed by atoms with van der Waals surface area (Å²) in [5.41, 5.74) is 5.67. The van der Waals surface area contributed by atoms with Crippen LogP contribution in [-0.2, 0) is 14.0 Å². The van der Waals surface area contributed by atoms with Gasteiger partial charge in [-0.2, -0.15) is 14.4 Å². The van der Waals surface area contributed by atoms with Crippen LogP contribution in [-0.4, -0.2) is 49.3 Å². The van der Waals surface area contributed by atoms with Crippen molar-refractivity contribution in [1.82, 2.24) is 19.5 Å². The number of imidazole rings is 1. The number of nitrogens with zero attached hydrogens (tertiary/aromatic N) is 4. The standard InChI is InChI=1S/C11H15FN5O6P.2Na/c1-4-7(22-3-24(19,20)21)6(18)10(23-4)17-2-14-5-8(13)15-11(12)16-9(5)17;;/h2,4,6-7,10,18H,3H2,1H3,(H2,13,15,16)(H2,19,20,21);;/q;2*+1/p-2/t4-,6-,7+,10-;;/m1../s1. The van der Waals surface area contributed by atoms with E-state index in [9.17, 15) is 23.8 Å². The molecule has 11 nitrogen and oxygen atoms in total. The molecular formula is C11H13FN5Na2O6P. The molecule has 3 N–H and O–H groups in total. The summed E-state index contributed by atoms with van der Waals surface area (Å²) in [7, 11) is -4.90. The van der Waals surface area contributed by atoms with Gasteiger partial charge in [-0.05, 0) is 14.5 Å². The zero-order chi connectivity index (χ0) is 17.6. The zero-order valence-electron chi connectivity index (χ0n) is 14.3. The van der Waals surface area contributed by atoms with Gasteiger partial charge in [0.25, 0.3) is 0 Å². The first kappa shape index (κ1) is 24.3. The molecule has 0 aliphatic carbocycles. The first-order chi connectivity index (χ1) is 11.2. The summed E-state index contributed by atoms with van der Waals surface area (Å²) >= 11 is 0. The maximum absolute atomic E-state index is 13.4. The third-order valence-corrected chi connectivity index (χ3v) is 4.03. The molecule has 3 heterocycles. The molecule has 26 heavy (non-hydrogen) atoms. The molecule has 4 atom stereocenters. The molecule has 1 aliphatic rings. The van der Waals surface area contributed by atoms with E-state index in [-0.39, 0.29) is 76.1 Å². The van der Waals surface area contributed by atoms with E-state index in [4.69, 9.17) is 15.2 Å². The fourth-order valence-corrected chi connectivity index (χ4v) is 2.91. The number of aliphatic hydroxyl groups excluding tert-OH is 1. The second kappa shape index (κ2) is 9.21. The molecule has 2 aromatic heterocycles. The molecule has 0 amide bonds. The molecule has 0 saturated carbocycles. The van der Waals surface area contributed by atoms with Gasteiger partial charge in [0.2, 0.25) is 0 Å². The van der Waals surface area contributed by atoms with Gasteiger partial charge in [0.05, 0.1) is 18.8 Å². The van der Waals surface area contributed by atoms with Gasteiger partial charge >= 0.3 is 65.2 Å². The number of nitrogens with two attached hydrogens (primary N) is 1. The van der Waals surface area contributed by atoms with Crippen LogP contribution in [0.4, 0.5) is 10.2 Å². The summed E-state index contributed by atoms with van der Waals surface area (Å²) in [6, 6.07) is 0. The van der Waals surface area contributed by atoms with Crippen LogP contribution in [0.3, 0.4) is 0 Å². The molecule has 2 aromatic rings. The van der Waals surface area contributed by atoms with Gasteiger partial charge in [0.1, 0.15) is 12.2 Å². The minimum Gasteiger partial charge on any atom is -0.809 e. The Morgan fingerprint density at radius 1 is 1.46 bits per heavy atom. The van der Waals surface area contributed by atoms with E-state index in [0.717, 1.165) is 0 Å². The minimum absolute atomic E-state index is 0. The number of aliphatic hydroxyl groups is 1. The van der Waals surface area contributed by atoms with Crippen LogP contribution in [0.2, 0.25) is 0 Å². The SMILES string of the molecule is C[C@H]1O[C@@H](n2cnc3c(N)nc(F)nc32)[C@H](O)[C@H]1OCP(=O)([O-])[O-].[Na+].[Na+]. The van der Waals surface area contributed by atoms with Crippen molar-refractivity contribution in [2.45, 2.75) is 31.5 Å². The Morgan fingerprint density at radius 2 is 2.12 bits per heavy atom. The fraction of sp³-hybridized carbons (Fsp3) is 0.545. The fourth-order valence-electron chi connectivity index (χ4n) is 2.56. The van der Waals surface area contributed by atoms with Gasteiger partial charge in [0, 0.05) is 0 Å². The van der Waals surface area contributed by atoms with E-state index in [2.05, 4.69) is 15.0 Å². The Hall–Kier alpha value is 0.310. The quantitative estimate of drug-likeness (QED) is 0.282. The van der Waals surface area contributed by atoms with Crippen molar-refractivity contribution >= 4 is 24.6 Å². The average Bonchev–Trinajstić information content (AvgIpc) is 2.98. The zero-order valence-corrected chi connectivity index (χ0v) is 19.2. The molecule has 0 spiro atoms. The molecule has 15 heteroatoms. The summed E-state index contributed by atoms with van der Waals surface area (Å²) in [6.45, 7) is 1.53. The van der Waals surface area contributed by atoms with Crippen molar-refractivity contribution in [3.63, 3.8) is 0 Å². The molecule has 1 aliphatic heterocycles. The van der Waals surface area contributed by atoms with Crippen molar-refractivity contribution in [1.29, 1.82) is 0 Å². The molecule has 3 rings (SSSR count). The Balaban J connectivity index is 0.00000169. The van der Waals surface area contributed by atoms with E-state index in [1.165, 1.54) is 17.8 Å². The Morgan fingerprint density at radius 3 is 2.73 bits per heavy atom. The van der Waals surface area contributed by atoms with Crippen LogP contribution in [0.1, 0.15) is 13.2 Å². The number of ether oxygens (including phenoxy) is 2. The summed E-state index contributed by atoms with van der Waals surface area (Å²) in [4.78, 5) is 32.3. The van der Waals surface area contributed by atoms with Crippen molar-refractivity contribution in [2.75, 3.05) is 12.1 Å². The van der Waals surface area contributed by atoms with Crippen molar-refractivity contribution in [3.05, 3.63) is 12.4 Å². The summed E-state index contributed by atoms with van der Waals surface area (Å²) < 4.78 is 35.8. The number of fused-ring (bicyclic) bond motifs is 1. The minimum atomic E-state index is -4.90. The number of halogens is 1. The number of hydrogen-bond acceptors (Lipinski definition) is 10. The first-order valence-electron chi connectivity index (χ1n) is 6.79. The van der Waals surface area contributed by atoms with Crippen molar-refractivity contribution in [3.8, 4) is 0 Å². The van der Waals surface area contributed by atoms with E-state index >= 15 is 0 Å². The molecule has 0 unspecified atom stereocenters. The number of aromatic nitrogens is 4. The summed E-state index contributed by atoms with van der Waals surface area (Å²) in [5, 5.41) is 10.3. The van der Waals surface area contributed by atoms with Gasteiger partial charge in [0.15, 0.2) is 23.2 Å². The van der Waals surface area contributed by atoms with Gasteiger partial charge in [-0.1, -0.05) is 0 Å². The maximum Gasteiger partial charge on any atom is 1.00 e. The van der Waals surface area contributed by atoms with Crippen LogP contribution in [0, 0.1) is 6.08 Å². The average molecular weight is 407 g/mol. The smallest absolute Gasteiger partial charge is 0.809 e. The third-order valence-electron chi connectivity index (χ3n) is 3.57. The monoisotopic (exact) mass is 407 g/mol. The molecule has 1 fully saturated rings. The number of rotatable bonds is 4. The van der Waals surface area contributed by atoms with Crippen molar-refractivity contribution in [2.24, 2.45) is 0 Å². The molecule has 0 bridgehead atoms. The summed E-state index contributed by atoms with van der Waals surface area (Å²) in [6.07, 6.45) is -5.17. The van der Waals surface area contributed by atoms with Gasteiger partial charge in [-0.3, -0.25) is 4.57 Å². The predicted octanol–water partition coefficient (Wildman–Crippen LogP) is -7.91. The maximum atomic E-state index is 13.4. The van der Waals surface area contributed by atoms with Crippen LogP contribution in [0.5, 0.6) is 0 Å². The van der Waals surface area contributed by atoms with E-state index in [0.29, 0.717) is 0 Å². The number of anilines is 1. The molecule has 0 aromatic carbocycles. The van der Waals surface area contributed by atoms with Crippen LogP contribution in [0.25, 0.3) is 11.2 Å². The van der Waals surface area contributed by atoms with Crippen LogP contribution in [0.15, 0.2) is 6.33 Å². The Bertz CT molecular complexity index is 822. The Kier molecular flexibility index (Phi) is 8.62. The number of hydrogen-bond donors (Lipinski definition) is 2. The molecule has 132 valence electrons. The normalized spacial score (nSPS) is 25.7. The van der Waals surface area contributed by atoms with Gasteiger partial charge in [-0.15, -0.1) is 0 Å². The van der Waals surface area contributed by atoms with E-state index in [1.54, 1.807) is 0 Å². The van der Waals surface area contributed by atoms with Gasteiger partial charge < -0.3 is 34.7 Å². The molecule has 0 radical (unpaired) electrons. The topological polar surface area (TPSA) is 172 Å². The van der Waals surface area contributed by atoms with Crippen molar-refractivity contribution < 1.29 is 92.4 Å². The second-order valence-corrected chi connectivity index (χ2v) is 6.78. The second-order valence-electron chi connectivity index (χ2n) is 5.30. The van der Waals surface area contributed by atoms with E-state index < -0.39 is 44.6 Å².